The van der Waals surface area contributed by atoms with E-state index in [1.54, 1.807) is 0 Å². The molecule has 1 amide bonds. The summed E-state index contributed by atoms with van der Waals surface area (Å²) in [6, 6.07) is 4.44. The second-order valence-corrected chi connectivity index (χ2v) is 9.45. The van der Waals surface area contributed by atoms with E-state index in [-0.39, 0.29) is 33.5 Å². The number of nitrogens with zero attached hydrogens (tertiary/aromatic N) is 1. The van der Waals surface area contributed by atoms with Crippen LogP contribution in [0.3, 0.4) is 0 Å². The number of carbonyl (C=O) groups is 3. The Morgan fingerprint density at radius 2 is 1.85 bits per heavy atom. The summed E-state index contributed by atoms with van der Waals surface area (Å²) in [7, 11) is 3.07. The third-order valence-corrected chi connectivity index (χ3v) is 6.47. The number of aromatic hydroxyl groups is 1. The molecule has 2 fully saturated rings. The van der Waals surface area contributed by atoms with Crippen LogP contribution in [-0.2, 0) is 14.3 Å². The van der Waals surface area contributed by atoms with Gasteiger partial charge in [0.05, 0.1) is 30.0 Å². The molecule has 33 heavy (non-hydrogen) atoms. The Labute approximate surface area is 196 Å². The van der Waals surface area contributed by atoms with E-state index in [4.69, 9.17) is 20.8 Å². The molecule has 3 atom stereocenters. The van der Waals surface area contributed by atoms with Gasteiger partial charge in [0, 0.05) is 19.5 Å². The van der Waals surface area contributed by atoms with Crippen molar-refractivity contribution in [3.05, 3.63) is 46.4 Å². The Balaban J connectivity index is 1.60. The molecule has 9 nitrogen and oxygen atoms in total. The number of aryl methyl sites for hydroxylation is 1. The van der Waals surface area contributed by atoms with E-state index < -0.39 is 29.6 Å². The summed E-state index contributed by atoms with van der Waals surface area (Å²) in [4.78, 5) is 38.7. The van der Waals surface area contributed by atoms with Crippen LogP contribution in [0.1, 0.15) is 34.8 Å². The second-order valence-electron chi connectivity index (χ2n) is 9.04. The molecule has 1 aromatic carbocycles. The molecular weight excluding hydrogens is 450 g/mol. The van der Waals surface area contributed by atoms with Crippen molar-refractivity contribution in [2.24, 2.45) is 5.41 Å². The fraction of sp³-hybridized carbons (Fsp3) is 0.435. The molecule has 176 valence electrons. The largest absolute Gasteiger partial charge is 0.505 e. The topological polar surface area (TPSA) is 121 Å². The number of anilines is 1. The van der Waals surface area contributed by atoms with Crippen LogP contribution in [0.5, 0.6) is 5.75 Å². The van der Waals surface area contributed by atoms with Crippen LogP contribution < -0.4 is 10.6 Å². The SMILES string of the molecule is Cc1ccc([C@H](NC2C(=O)C(=O)C2Nc2ccc(Cl)c(C(=O)N(C)C)c2O)C2(C)COC2)o1. The first-order valence-electron chi connectivity index (χ1n) is 10.5. The summed E-state index contributed by atoms with van der Waals surface area (Å²) in [5, 5.41) is 17.0. The lowest BCUT2D eigenvalue weighted by atomic mass is 9.76. The van der Waals surface area contributed by atoms with Crippen LogP contribution in [0.4, 0.5) is 5.69 Å². The van der Waals surface area contributed by atoms with Gasteiger partial charge in [0.25, 0.3) is 5.91 Å². The van der Waals surface area contributed by atoms with Crippen LogP contribution in [-0.4, -0.2) is 66.9 Å². The zero-order valence-corrected chi connectivity index (χ0v) is 19.5. The second kappa shape index (κ2) is 8.48. The monoisotopic (exact) mass is 475 g/mol. The quantitative estimate of drug-likeness (QED) is 0.412. The summed E-state index contributed by atoms with van der Waals surface area (Å²) >= 11 is 6.13. The minimum Gasteiger partial charge on any atom is -0.505 e. The average Bonchev–Trinajstić information content (AvgIpc) is 3.18. The molecule has 0 radical (unpaired) electrons. The molecule has 3 N–H and O–H groups in total. The first-order chi connectivity index (χ1) is 15.5. The number of phenols is 1. The Morgan fingerprint density at radius 1 is 1.18 bits per heavy atom. The van der Waals surface area contributed by atoms with Crippen LogP contribution in [0.25, 0.3) is 0 Å². The molecule has 2 aliphatic rings. The van der Waals surface area contributed by atoms with E-state index in [9.17, 15) is 19.5 Å². The van der Waals surface area contributed by atoms with Crippen molar-refractivity contribution in [3.63, 3.8) is 0 Å². The maximum Gasteiger partial charge on any atom is 0.258 e. The van der Waals surface area contributed by atoms with E-state index >= 15 is 0 Å². The highest BCUT2D eigenvalue weighted by molar-refractivity contribution is 6.49. The standard InChI is InChI=1S/C23H26ClN3O6/c1-11-5-8-14(33-11)21(23(2)9-32-10-23)26-17-16(19(29)20(17)30)25-13-7-6-12(24)15(18(13)28)22(31)27(3)4/h5-8,16-17,21,25-26,28H,9-10H2,1-4H3/t16?,17?,21-/m0/s1. The molecule has 2 aromatic rings. The maximum atomic E-state index is 12.5. The predicted molar refractivity (Wildman–Crippen MR) is 121 cm³/mol. The molecule has 1 saturated heterocycles. The minimum atomic E-state index is -0.935. The van der Waals surface area contributed by atoms with Gasteiger partial charge in [-0.2, -0.15) is 0 Å². The molecule has 10 heteroatoms. The Kier molecular flexibility index (Phi) is 5.98. The number of hydrogen-bond acceptors (Lipinski definition) is 8. The van der Waals surface area contributed by atoms with Crippen molar-refractivity contribution >= 4 is 34.8 Å². The van der Waals surface area contributed by atoms with Crippen LogP contribution in [0.2, 0.25) is 5.02 Å². The molecule has 2 unspecified atom stereocenters. The molecule has 1 aliphatic carbocycles. The van der Waals surface area contributed by atoms with Gasteiger partial charge in [-0.25, -0.2) is 0 Å². The lowest BCUT2D eigenvalue weighted by Crippen LogP contribution is -2.69. The number of furan rings is 1. The number of ketones is 2. The molecule has 4 rings (SSSR count). The third-order valence-electron chi connectivity index (χ3n) is 6.15. The van der Waals surface area contributed by atoms with Gasteiger partial charge in [-0.05, 0) is 31.2 Å². The van der Waals surface area contributed by atoms with Gasteiger partial charge >= 0.3 is 0 Å². The van der Waals surface area contributed by atoms with Gasteiger partial charge in [0.15, 0.2) is 5.75 Å². The molecule has 1 saturated carbocycles. The average molecular weight is 476 g/mol. The molecule has 1 aromatic heterocycles. The Bertz CT molecular complexity index is 1120. The number of amides is 1. The summed E-state index contributed by atoms with van der Waals surface area (Å²) in [6.45, 7) is 4.80. The van der Waals surface area contributed by atoms with Crippen LogP contribution in [0, 0.1) is 12.3 Å². The van der Waals surface area contributed by atoms with Gasteiger partial charge in [0.2, 0.25) is 11.6 Å². The van der Waals surface area contributed by atoms with E-state index in [2.05, 4.69) is 10.6 Å². The third kappa shape index (κ3) is 4.01. The number of Topliss-reactive ketones (excluding diaryl/α,β-unsaturated/α-hetero) is 2. The van der Waals surface area contributed by atoms with Crippen molar-refractivity contribution in [2.45, 2.75) is 32.0 Å². The fourth-order valence-electron chi connectivity index (χ4n) is 4.12. The van der Waals surface area contributed by atoms with Crippen molar-refractivity contribution in [1.82, 2.24) is 10.2 Å². The number of nitrogens with one attached hydrogen (secondary N) is 2. The van der Waals surface area contributed by atoms with E-state index in [0.29, 0.717) is 19.0 Å². The van der Waals surface area contributed by atoms with Crippen LogP contribution in [0.15, 0.2) is 28.7 Å². The summed E-state index contributed by atoms with van der Waals surface area (Å²) in [5.74, 6) is -0.676. The molecule has 0 spiro atoms. The number of halogens is 1. The summed E-state index contributed by atoms with van der Waals surface area (Å²) in [6.07, 6.45) is 0. The van der Waals surface area contributed by atoms with Crippen LogP contribution >= 0.6 is 11.6 Å². The number of hydrogen-bond donors (Lipinski definition) is 3. The van der Waals surface area contributed by atoms with Gasteiger partial charge < -0.3 is 24.5 Å². The highest BCUT2D eigenvalue weighted by Crippen LogP contribution is 2.42. The van der Waals surface area contributed by atoms with Crippen molar-refractivity contribution in [3.8, 4) is 5.75 Å². The van der Waals surface area contributed by atoms with Gasteiger partial charge in [-0.1, -0.05) is 18.5 Å². The molecular formula is C23H26ClN3O6. The molecule has 2 heterocycles. The van der Waals surface area contributed by atoms with Gasteiger partial charge in [-0.15, -0.1) is 0 Å². The summed E-state index contributed by atoms with van der Waals surface area (Å²) in [5.41, 5.74) is -0.273. The Hall–Kier alpha value is -2.88. The first-order valence-corrected chi connectivity index (χ1v) is 10.9. The lowest BCUT2D eigenvalue weighted by molar-refractivity contribution is -0.150. The number of ether oxygens (including phenoxy) is 1. The highest BCUT2D eigenvalue weighted by atomic mass is 35.5. The maximum absolute atomic E-state index is 12.5. The predicted octanol–water partition coefficient (Wildman–Crippen LogP) is 2.32. The fourth-order valence-corrected chi connectivity index (χ4v) is 4.35. The normalized spacial score (nSPS) is 22.3. The van der Waals surface area contributed by atoms with E-state index in [1.807, 2.05) is 26.0 Å². The van der Waals surface area contributed by atoms with Crippen molar-refractivity contribution in [2.75, 3.05) is 32.6 Å². The first kappa shape index (κ1) is 23.3. The number of carbonyl (C=O) groups excluding carboxylic acids is 3. The van der Waals surface area contributed by atoms with E-state index in [1.165, 1.54) is 31.1 Å². The molecule has 0 bridgehead atoms. The summed E-state index contributed by atoms with van der Waals surface area (Å²) < 4.78 is 11.2. The lowest BCUT2D eigenvalue weighted by Gasteiger charge is -2.47. The number of phenolic OH excluding ortho intramolecular Hbond substituents is 1. The number of rotatable bonds is 7. The minimum absolute atomic E-state index is 0.0774. The number of benzene rings is 1. The zero-order chi connectivity index (χ0) is 24.1. The smallest absolute Gasteiger partial charge is 0.258 e. The van der Waals surface area contributed by atoms with Gasteiger partial charge in [0.1, 0.15) is 29.2 Å². The van der Waals surface area contributed by atoms with Crippen molar-refractivity contribution < 1.29 is 28.6 Å². The van der Waals surface area contributed by atoms with E-state index in [0.717, 1.165) is 5.76 Å². The van der Waals surface area contributed by atoms with Gasteiger partial charge in [-0.3, -0.25) is 19.7 Å². The Morgan fingerprint density at radius 3 is 2.39 bits per heavy atom. The van der Waals surface area contributed by atoms with Crippen molar-refractivity contribution in [1.29, 1.82) is 0 Å². The highest BCUT2D eigenvalue weighted by Gasteiger charge is 2.53. The zero-order valence-electron chi connectivity index (χ0n) is 18.8. The molecule has 1 aliphatic heterocycles.